The first-order chi connectivity index (χ1) is 41.3. The van der Waals surface area contributed by atoms with Crippen molar-refractivity contribution < 1.29 is 89.4 Å². The van der Waals surface area contributed by atoms with E-state index in [-0.39, 0.29) is 6.42 Å². The molecule has 3 rings (SSSR count). The number of aliphatic hydroxyl groups excluding tert-OH is 11. The number of hydrogen-bond donors (Lipinski definition) is 12. The number of carbonyl (C=O) groups excluding carboxylic acids is 1. The van der Waals surface area contributed by atoms with E-state index >= 15 is 0 Å². The first kappa shape index (κ1) is 76.2. The molecule has 0 aliphatic carbocycles. The molecule has 12 N–H and O–H groups in total. The highest BCUT2D eigenvalue weighted by Crippen LogP contribution is 2.33. The Morgan fingerprint density at radius 3 is 1.29 bits per heavy atom. The monoisotopic (exact) mass is 1210 g/mol. The van der Waals surface area contributed by atoms with E-state index in [9.17, 15) is 61.0 Å². The van der Waals surface area contributed by atoms with Crippen molar-refractivity contribution in [3.8, 4) is 0 Å². The summed E-state index contributed by atoms with van der Waals surface area (Å²) in [6, 6.07) is -1.05. The van der Waals surface area contributed by atoms with Crippen molar-refractivity contribution in [1.29, 1.82) is 0 Å². The fraction of sp³-hybridized carbons (Fsp3) is 0.773. The molecule has 17 atom stereocenters. The molecule has 0 saturated carbocycles. The van der Waals surface area contributed by atoms with Gasteiger partial charge >= 0.3 is 0 Å². The molecule has 19 heteroatoms. The predicted molar refractivity (Wildman–Crippen MR) is 328 cm³/mol. The van der Waals surface area contributed by atoms with Crippen LogP contribution >= 0.6 is 0 Å². The Morgan fingerprint density at radius 2 is 0.824 bits per heavy atom. The molecule has 3 aliphatic heterocycles. The summed E-state index contributed by atoms with van der Waals surface area (Å²) in [4.78, 5) is 13.3. The van der Waals surface area contributed by atoms with Gasteiger partial charge in [0.1, 0.15) is 73.2 Å². The molecule has 85 heavy (non-hydrogen) atoms. The average Bonchev–Trinajstić information content (AvgIpc) is 3.49. The summed E-state index contributed by atoms with van der Waals surface area (Å²) in [5.41, 5.74) is 0. The molecule has 17 unspecified atom stereocenters. The van der Waals surface area contributed by atoms with E-state index in [1.54, 1.807) is 12.2 Å². The summed E-state index contributed by atoms with van der Waals surface area (Å²) in [5.74, 6) is -0.415. The molecule has 0 aromatic carbocycles. The van der Waals surface area contributed by atoms with E-state index < -0.39 is 137 Å². The third kappa shape index (κ3) is 30.8. The summed E-state index contributed by atoms with van der Waals surface area (Å²) < 4.78 is 34.2. The van der Waals surface area contributed by atoms with Crippen LogP contribution in [0.25, 0.3) is 0 Å². The van der Waals surface area contributed by atoms with Crippen LogP contribution < -0.4 is 5.32 Å². The predicted octanol–water partition coefficient (Wildman–Crippen LogP) is 7.15. The Kier molecular flexibility index (Phi) is 43.0. The minimum absolute atomic E-state index is 0.000814. The molecular formula is C66H113NO18. The lowest BCUT2D eigenvalue weighted by molar-refractivity contribution is -0.379. The van der Waals surface area contributed by atoms with E-state index in [4.69, 9.17) is 28.4 Å². The summed E-state index contributed by atoms with van der Waals surface area (Å²) >= 11 is 0. The normalized spacial score (nSPS) is 29.5. The van der Waals surface area contributed by atoms with Gasteiger partial charge < -0.3 is 89.9 Å². The van der Waals surface area contributed by atoms with Gasteiger partial charge in [-0.2, -0.15) is 0 Å². The van der Waals surface area contributed by atoms with Gasteiger partial charge in [0.2, 0.25) is 5.91 Å². The third-order valence-electron chi connectivity index (χ3n) is 15.7. The van der Waals surface area contributed by atoms with Crippen molar-refractivity contribution in [2.24, 2.45) is 0 Å². The summed E-state index contributed by atoms with van der Waals surface area (Å²) in [6.45, 7) is 1.51. The van der Waals surface area contributed by atoms with E-state index in [1.165, 1.54) is 116 Å². The largest absolute Gasteiger partial charge is 0.394 e. The number of aliphatic hydroxyl groups is 11. The summed E-state index contributed by atoms with van der Waals surface area (Å²) in [7, 11) is 0. The molecule has 3 saturated heterocycles. The molecule has 3 fully saturated rings. The van der Waals surface area contributed by atoms with Crippen molar-refractivity contribution in [3.05, 3.63) is 85.1 Å². The summed E-state index contributed by atoms with van der Waals surface area (Å²) in [5, 5.41) is 120. The van der Waals surface area contributed by atoms with Crippen molar-refractivity contribution in [1.82, 2.24) is 5.32 Å². The van der Waals surface area contributed by atoms with Crippen LogP contribution in [0.3, 0.4) is 0 Å². The highest BCUT2D eigenvalue weighted by atomic mass is 16.8. The zero-order chi connectivity index (χ0) is 61.9. The van der Waals surface area contributed by atoms with Gasteiger partial charge in [0.25, 0.3) is 0 Å². The van der Waals surface area contributed by atoms with Crippen LogP contribution in [0, 0.1) is 0 Å². The van der Waals surface area contributed by atoms with E-state index in [0.717, 1.165) is 44.9 Å². The first-order valence-electron chi connectivity index (χ1n) is 32.3. The molecule has 19 nitrogen and oxygen atoms in total. The highest BCUT2D eigenvalue weighted by molar-refractivity contribution is 5.77. The Labute approximate surface area is 508 Å². The second-order valence-corrected chi connectivity index (χ2v) is 22.9. The van der Waals surface area contributed by atoms with Crippen LogP contribution in [0.5, 0.6) is 0 Å². The number of carbonyl (C=O) groups is 1. The van der Waals surface area contributed by atoms with E-state index in [2.05, 4.69) is 67.8 Å². The molecule has 490 valence electrons. The van der Waals surface area contributed by atoms with Gasteiger partial charge in [0.05, 0.1) is 38.6 Å². The molecule has 0 aromatic heterocycles. The molecule has 3 heterocycles. The maximum absolute atomic E-state index is 13.3. The van der Waals surface area contributed by atoms with Gasteiger partial charge in [-0.05, 0) is 57.8 Å². The van der Waals surface area contributed by atoms with Crippen molar-refractivity contribution in [3.63, 3.8) is 0 Å². The maximum Gasteiger partial charge on any atom is 0.224 e. The second kappa shape index (κ2) is 47.9. The maximum atomic E-state index is 13.3. The molecule has 0 spiro atoms. The van der Waals surface area contributed by atoms with Gasteiger partial charge in [-0.3, -0.25) is 4.79 Å². The van der Waals surface area contributed by atoms with Crippen LogP contribution in [0.15, 0.2) is 85.1 Å². The number of amides is 1. The number of unbranched alkanes of at least 4 members (excludes halogenated alkanes) is 20. The van der Waals surface area contributed by atoms with Crippen LogP contribution in [-0.2, 0) is 33.2 Å². The molecule has 3 aliphatic rings. The van der Waals surface area contributed by atoms with Gasteiger partial charge in [-0.15, -0.1) is 0 Å². The smallest absolute Gasteiger partial charge is 0.224 e. The quantitative estimate of drug-likeness (QED) is 0.0213. The summed E-state index contributed by atoms with van der Waals surface area (Å²) in [6.07, 6.45) is 33.2. The minimum atomic E-state index is -1.99. The van der Waals surface area contributed by atoms with E-state index in [1.807, 2.05) is 24.3 Å². The lowest BCUT2D eigenvalue weighted by Gasteiger charge is -2.48. The Hall–Kier alpha value is -3.03. The zero-order valence-corrected chi connectivity index (χ0v) is 51.3. The van der Waals surface area contributed by atoms with Crippen molar-refractivity contribution >= 4 is 5.91 Å². The molecule has 0 radical (unpaired) electrons. The Bertz CT molecular complexity index is 1880. The SMILES string of the molecule is CC/C=C\C/C=C\C/C=C\C/C=C\C/C=C\CC(=O)NC(COC1OC(CO)C(OC2OC(CO)C(OC3OC(CO)C(O)C(O)C3O)C(O)C2O)C(O)C1O)C(O)/C=C/CC/C=C/CCCCCCCCCCCCCCCCCCCCC. The van der Waals surface area contributed by atoms with Gasteiger partial charge in [-0.25, -0.2) is 0 Å². The topological polar surface area (TPSA) is 307 Å². The Balaban J connectivity index is 1.49. The fourth-order valence-electron chi connectivity index (χ4n) is 10.5. The zero-order valence-electron chi connectivity index (χ0n) is 51.3. The van der Waals surface area contributed by atoms with Gasteiger partial charge in [-0.1, -0.05) is 214 Å². The van der Waals surface area contributed by atoms with Gasteiger partial charge in [0, 0.05) is 6.42 Å². The minimum Gasteiger partial charge on any atom is -0.394 e. The molecule has 0 aromatic rings. The number of ether oxygens (including phenoxy) is 6. The van der Waals surface area contributed by atoms with E-state index in [0.29, 0.717) is 12.8 Å². The second-order valence-electron chi connectivity index (χ2n) is 22.9. The van der Waals surface area contributed by atoms with Crippen LogP contribution in [-0.4, -0.2) is 193 Å². The number of nitrogens with one attached hydrogen (secondary N) is 1. The van der Waals surface area contributed by atoms with Gasteiger partial charge in [0.15, 0.2) is 18.9 Å². The van der Waals surface area contributed by atoms with Crippen molar-refractivity contribution in [2.45, 2.75) is 298 Å². The molecular weight excluding hydrogens is 1090 g/mol. The van der Waals surface area contributed by atoms with Crippen LogP contribution in [0.2, 0.25) is 0 Å². The third-order valence-corrected chi connectivity index (χ3v) is 15.7. The number of hydrogen-bond acceptors (Lipinski definition) is 18. The van der Waals surface area contributed by atoms with Crippen molar-refractivity contribution in [2.75, 3.05) is 26.4 Å². The van der Waals surface area contributed by atoms with Crippen LogP contribution in [0.1, 0.15) is 194 Å². The molecule has 0 bridgehead atoms. The molecule has 1 amide bonds. The fourth-order valence-corrected chi connectivity index (χ4v) is 10.5. The standard InChI is InChI=1S/C66H113NO18/c1-3-5-7-9-11-13-15-17-19-20-21-22-23-24-25-26-27-28-30-31-33-35-37-39-41-43-50(71)49(67-54(72)44-42-40-38-36-34-32-29-18-16-14-12-10-8-6-4-2)48-80-64-60(78)57(75)62(52(46-69)82-64)85-66-61(79)58(76)63(53(47-70)83-66)84-65-59(77)56(74)55(73)51(45-68)81-65/h6,8,12,14,18,29,33-36,40-43,49-53,55-66,68-71,73-79H,3-5,7,9-11,13,15-17,19-28,30-32,37-39,44-48H2,1-2H3,(H,67,72)/b8-6-,14-12-,29-18-,35-33+,36-34-,42-40-,43-41+. The number of rotatable bonds is 47. The van der Waals surface area contributed by atoms with Crippen LogP contribution in [0.4, 0.5) is 0 Å². The highest BCUT2D eigenvalue weighted by Gasteiger charge is 2.53. The lowest BCUT2D eigenvalue weighted by Crippen LogP contribution is -2.66. The lowest BCUT2D eigenvalue weighted by atomic mass is 9.96. The Morgan fingerprint density at radius 1 is 0.435 bits per heavy atom. The first-order valence-corrected chi connectivity index (χ1v) is 32.3. The number of allylic oxidation sites excluding steroid dienone is 12. The average molecular weight is 1210 g/mol.